The van der Waals surface area contributed by atoms with Crippen LogP contribution in [0.15, 0.2) is 36.5 Å². The Balaban J connectivity index is 1.96. The maximum absolute atomic E-state index is 6.28. The van der Waals surface area contributed by atoms with E-state index < -0.39 is 0 Å². The Kier molecular flexibility index (Phi) is 2.54. The summed E-state index contributed by atoms with van der Waals surface area (Å²) in [6, 6.07) is 10.2. The van der Waals surface area contributed by atoms with Gasteiger partial charge in [0.25, 0.3) is 0 Å². The number of nitrogens with zero attached hydrogens (tertiary/aromatic N) is 4. The predicted molar refractivity (Wildman–Crippen MR) is 88.8 cm³/mol. The van der Waals surface area contributed by atoms with Gasteiger partial charge < -0.3 is 10.3 Å². The van der Waals surface area contributed by atoms with Gasteiger partial charge in [-0.05, 0) is 43.7 Å². The minimum absolute atomic E-state index is 0.655. The van der Waals surface area contributed by atoms with Gasteiger partial charge >= 0.3 is 0 Å². The molecule has 1 aromatic carbocycles. The molecule has 110 valence electrons. The molecule has 5 heteroatoms. The largest absolute Gasteiger partial charge is 0.383 e. The van der Waals surface area contributed by atoms with Crippen molar-refractivity contribution >= 4 is 22.5 Å². The molecule has 5 nitrogen and oxygen atoms in total. The van der Waals surface area contributed by atoms with Crippen LogP contribution < -0.4 is 5.73 Å². The van der Waals surface area contributed by atoms with Crippen molar-refractivity contribution < 1.29 is 0 Å². The number of hydrogen-bond acceptors (Lipinski definition) is 3. The summed E-state index contributed by atoms with van der Waals surface area (Å²) in [6.45, 7) is 4.05. The second-order valence-corrected chi connectivity index (χ2v) is 5.70. The van der Waals surface area contributed by atoms with Gasteiger partial charge in [-0.3, -0.25) is 4.40 Å². The highest BCUT2D eigenvalue weighted by Gasteiger charge is 2.13. The summed E-state index contributed by atoms with van der Waals surface area (Å²) >= 11 is 0. The Morgan fingerprint density at radius 3 is 2.68 bits per heavy atom. The first-order chi connectivity index (χ1) is 10.5. The van der Waals surface area contributed by atoms with Crippen molar-refractivity contribution in [2.45, 2.75) is 13.8 Å². The van der Waals surface area contributed by atoms with E-state index in [1.165, 1.54) is 5.56 Å². The summed E-state index contributed by atoms with van der Waals surface area (Å²) < 4.78 is 3.99. The van der Waals surface area contributed by atoms with Crippen LogP contribution in [-0.4, -0.2) is 18.9 Å². The van der Waals surface area contributed by atoms with Crippen LogP contribution in [-0.2, 0) is 7.05 Å². The quantitative estimate of drug-likeness (QED) is 0.586. The minimum atomic E-state index is 0.655. The van der Waals surface area contributed by atoms with Crippen molar-refractivity contribution in [1.29, 1.82) is 0 Å². The van der Waals surface area contributed by atoms with Crippen LogP contribution >= 0.6 is 0 Å². The van der Waals surface area contributed by atoms with Gasteiger partial charge in [-0.15, -0.1) is 0 Å². The van der Waals surface area contributed by atoms with E-state index in [9.17, 15) is 0 Å². The standard InChI is InChI=1S/C17H17N5/c1-10-6-7-22-15(8-10)20-16(17(22)18)12-4-5-14-13(9-12)19-11(2)21(14)3/h4-9H,18H2,1-3H3. The lowest BCUT2D eigenvalue weighted by molar-refractivity contribution is 0.886. The summed E-state index contributed by atoms with van der Waals surface area (Å²) in [4.78, 5) is 9.27. The Morgan fingerprint density at radius 1 is 1.05 bits per heavy atom. The fourth-order valence-electron chi connectivity index (χ4n) is 2.85. The zero-order valence-electron chi connectivity index (χ0n) is 12.8. The zero-order chi connectivity index (χ0) is 15.4. The molecule has 0 atom stereocenters. The zero-order valence-corrected chi connectivity index (χ0v) is 12.8. The van der Waals surface area contributed by atoms with Crippen LogP contribution in [0.4, 0.5) is 5.82 Å². The van der Waals surface area contributed by atoms with Crippen molar-refractivity contribution in [2.24, 2.45) is 7.05 Å². The molecule has 0 aliphatic rings. The van der Waals surface area contributed by atoms with Gasteiger partial charge in [0.05, 0.1) is 11.0 Å². The molecule has 3 aromatic heterocycles. The molecule has 4 rings (SSSR count). The number of anilines is 1. The number of nitrogen functional groups attached to an aromatic ring is 1. The van der Waals surface area contributed by atoms with Crippen LogP contribution in [0.25, 0.3) is 27.9 Å². The molecular weight excluding hydrogens is 274 g/mol. The maximum atomic E-state index is 6.28. The highest BCUT2D eigenvalue weighted by atomic mass is 15.1. The van der Waals surface area contributed by atoms with Crippen molar-refractivity contribution in [3.63, 3.8) is 0 Å². The fourth-order valence-corrected chi connectivity index (χ4v) is 2.85. The number of aryl methyl sites for hydroxylation is 3. The number of nitrogens with two attached hydrogens (primary N) is 1. The van der Waals surface area contributed by atoms with Crippen LogP contribution in [0.1, 0.15) is 11.4 Å². The Hall–Kier alpha value is -2.82. The molecule has 0 unspecified atom stereocenters. The normalized spacial score (nSPS) is 11.6. The number of imidazole rings is 2. The fraction of sp³-hybridized carbons (Fsp3) is 0.176. The third kappa shape index (κ3) is 1.72. The van der Waals surface area contributed by atoms with E-state index in [-0.39, 0.29) is 0 Å². The topological polar surface area (TPSA) is 61.1 Å². The third-order valence-electron chi connectivity index (χ3n) is 4.20. The molecule has 22 heavy (non-hydrogen) atoms. The van der Waals surface area contributed by atoms with Crippen LogP contribution in [0.3, 0.4) is 0 Å². The van der Waals surface area contributed by atoms with E-state index >= 15 is 0 Å². The monoisotopic (exact) mass is 291 g/mol. The number of rotatable bonds is 1. The molecule has 0 amide bonds. The van der Waals surface area contributed by atoms with Gasteiger partial charge in [-0.2, -0.15) is 0 Å². The smallest absolute Gasteiger partial charge is 0.139 e. The van der Waals surface area contributed by atoms with Gasteiger partial charge in [0.2, 0.25) is 0 Å². The second-order valence-electron chi connectivity index (χ2n) is 5.70. The molecule has 0 fully saturated rings. The number of benzene rings is 1. The highest BCUT2D eigenvalue weighted by molar-refractivity contribution is 5.85. The van der Waals surface area contributed by atoms with E-state index in [1.54, 1.807) is 0 Å². The maximum Gasteiger partial charge on any atom is 0.139 e. The second kappa shape index (κ2) is 4.34. The molecule has 0 aliphatic carbocycles. The Labute approximate surface area is 128 Å². The van der Waals surface area contributed by atoms with Gasteiger partial charge in [-0.1, -0.05) is 6.07 Å². The summed E-state index contributed by atoms with van der Waals surface area (Å²) in [5.74, 6) is 1.65. The molecular formula is C17H17N5. The summed E-state index contributed by atoms with van der Waals surface area (Å²) in [5.41, 5.74) is 12.2. The number of hydrogen-bond donors (Lipinski definition) is 1. The van der Waals surface area contributed by atoms with E-state index in [4.69, 9.17) is 5.73 Å². The lowest BCUT2D eigenvalue weighted by Crippen LogP contribution is -1.94. The van der Waals surface area contributed by atoms with Crippen molar-refractivity contribution in [2.75, 3.05) is 5.73 Å². The van der Waals surface area contributed by atoms with E-state index in [0.717, 1.165) is 33.8 Å². The molecule has 2 N–H and O–H groups in total. The van der Waals surface area contributed by atoms with E-state index in [1.807, 2.05) is 49.7 Å². The van der Waals surface area contributed by atoms with Crippen molar-refractivity contribution in [3.8, 4) is 11.3 Å². The summed E-state index contributed by atoms with van der Waals surface area (Å²) in [6.07, 6.45) is 1.96. The molecule has 0 radical (unpaired) electrons. The van der Waals surface area contributed by atoms with Gasteiger partial charge in [0.1, 0.15) is 23.0 Å². The average Bonchev–Trinajstić information content (AvgIpc) is 2.96. The number of pyridine rings is 1. The van der Waals surface area contributed by atoms with Gasteiger partial charge in [0.15, 0.2) is 0 Å². The lowest BCUT2D eigenvalue weighted by atomic mass is 10.1. The molecule has 0 saturated heterocycles. The van der Waals surface area contributed by atoms with Crippen LogP contribution in [0.2, 0.25) is 0 Å². The lowest BCUT2D eigenvalue weighted by Gasteiger charge is -2.01. The van der Waals surface area contributed by atoms with Gasteiger partial charge in [0, 0.05) is 18.8 Å². The van der Waals surface area contributed by atoms with E-state index in [0.29, 0.717) is 5.82 Å². The van der Waals surface area contributed by atoms with Crippen molar-refractivity contribution in [3.05, 3.63) is 47.9 Å². The molecule has 0 bridgehead atoms. The SMILES string of the molecule is Cc1ccn2c(N)c(-c3ccc4c(c3)nc(C)n4C)nc2c1. The molecule has 0 saturated carbocycles. The Morgan fingerprint density at radius 2 is 1.86 bits per heavy atom. The highest BCUT2D eigenvalue weighted by Crippen LogP contribution is 2.29. The van der Waals surface area contributed by atoms with Crippen LogP contribution in [0, 0.1) is 13.8 Å². The molecule has 0 aliphatic heterocycles. The van der Waals surface area contributed by atoms with Crippen LogP contribution in [0.5, 0.6) is 0 Å². The number of aromatic nitrogens is 4. The van der Waals surface area contributed by atoms with E-state index in [2.05, 4.69) is 26.7 Å². The minimum Gasteiger partial charge on any atom is -0.383 e. The average molecular weight is 291 g/mol. The predicted octanol–water partition coefficient (Wildman–Crippen LogP) is 3.09. The first-order valence-corrected chi connectivity index (χ1v) is 7.22. The van der Waals surface area contributed by atoms with Crippen molar-refractivity contribution in [1.82, 2.24) is 18.9 Å². The Bertz CT molecular complexity index is 1020. The molecule has 0 spiro atoms. The first-order valence-electron chi connectivity index (χ1n) is 7.22. The number of fused-ring (bicyclic) bond motifs is 2. The molecule has 4 aromatic rings. The van der Waals surface area contributed by atoms with Gasteiger partial charge in [-0.25, -0.2) is 9.97 Å². The summed E-state index contributed by atoms with van der Waals surface area (Å²) in [5, 5.41) is 0. The first kappa shape index (κ1) is 12.9. The summed E-state index contributed by atoms with van der Waals surface area (Å²) in [7, 11) is 2.02. The third-order valence-corrected chi connectivity index (χ3v) is 4.20. The molecule has 3 heterocycles.